The van der Waals surface area contributed by atoms with Crippen molar-refractivity contribution in [3.8, 4) is 0 Å². The molecule has 3 rings (SSSR count). The minimum absolute atomic E-state index is 0.0721. The minimum atomic E-state index is -3.41. The number of hydrogen-bond acceptors (Lipinski definition) is 4. The molecule has 1 fully saturated rings. The Morgan fingerprint density at radius 1 is 1.16 bits per heavy atom. The van der Waals surface area contributed by atoms with Crippen molar-refractivity contribution in [3.05, 3.63) is 59.7 Å². The molecule has 0 saturated carbocycles. The Morgan fingerprint density at radius 2 is 1.88 bits per heavy atom. The smallest absolute Gasteiger partial charge is 0.232 e. The fraction of sp³-hybridized carbons (Fsp3) is 0.480. The van der Waals surface area contributed by atoms with Crippen LogP contribution in [-0.2, 0) is 21.4 Å². The molecule has 2 aromatic carbocycles. The van der Waals surface area contributed by atoms with Crippen LogP contribution in [0.5, 0.6) is 0 Å². The van der Waals surface area contributed by atoms with Gasteiger partial charge in [-0.2, -0.15) is 0 Å². The van der Waals surface area contributed by atoms with Gasteiger partial charge in [0.15, 0.2) is 0 Å². The van der Waals surface area contributed by atoms with E-state index in [2.05, 4.69) is 41.4 Å². The second kappa shape index (κ2) is 10.9. The zero-order valence-corrected chi connectivity index (χ0v) is 20.2. The average molecular weight is 458 g/mol. The summed E-state index contributed by atoms with van der Waals surface area (Å²) in [7, 11) is -3.41. The zero-order chi connectivity index (χ0) is 23.1. The van der Waals surface area contributed by atoms with Crippen molar-refractivity contribution >= 4 is 27.3 Å². The average Bonchev–Trinajstić information content (AvgIpc) is 2.75. The van der Waals surface area contributed by atoms with Gasteiger partial charge in [0.1, 0.15) is 0 Å². The van der Waals surface area contributed by atoms with Crippen LogP contribution in [0, 0.1) is 12.8 Å². The number of piperidine rings is 1. The van der Waals surface area contributed by atoms with E-state index in [9.17, 15) is 13.2 Å². The van der Waals surface area contributed by atoms with Crippen molar-refractivity contribution in [1.82, 2.24) is 5.32 Å². The van der Waals surface area contributed by atoms with Gasteiger partial charge < -0.3 is 10.2 Å². The van der Waals surface area contributed by atoms with Crippen LogP contribution in [0.1, 0.15) is 43.7 Å². The molecule has 1 atom stereocenters. The summed E-state index contributed by atoms with van der Waals surface area (Å²) in [6.45, 7) is 7.14. The quantitative estimate of drug-likeness (QED) is 0.616. The fourth-order valence-corrected chi connectivity index (χ4v) is 5.25. The van der Waals surface area contributed by atoms with Crippen LogP contribution in [0.4, 0.5) is 11.4 Å². The molecular formula is C25H35N3O3S. The Labute approximate surface area is 192 Å². The molecule has 0 radical (unpaired) electrons. The Hall–Kier alpha value is -2.54. The monoisotopic (exact) mass is 457 g/mol. The maximum Gasteiger partial charge on any atom is 0.232 e. The normalized spacial score (nSPS) is 16.6. The van der Waals surface area contributed by atoms with Crippen LogP contribution in [0.3, 0.4) is 0 Å². The van der Waals surface area contributed by atoms with Crippen LogP contribution in [-0.4, -0.2) is 40.2 Å². The predicted molar refractivity (Wildman–Crippen MR) is 132 cm³/mol. The van der Waals surface area contributed by atoms with Crippen molar-refractivity contribution in [2.45, 2.75) is 46.1 Å². The molecule has 1 unspecified atom stereocenters. The number of benzene rings is 2. The van der Waals surface area contributed by atoms with E-state index in [-0.39, 0.29) is 18.9 Å². The number of amides is 1. The van der Waals surface area contributed by atoms with Gasteiger partial charge in [-0.1, -0.05) is 37.3 Å². The highest BCUT2D eigenvalue weighted by Gasteiger charge is 2.19. The molecule has 1 amide bonds. The van der Waals surface area contributed by atoms with Crippen molar-refractivity contribution in [2.75, 3.05) is 35.1 Å². The van der Waals surface area contributed by atoms with Crippen molar-refractivity contribution in [3.63, 3.8) is 0 Å². The van der Waals surface area contributed by atoms with E-state index in [1.54, 1.807) is 6.07 Å². The molecule has 2 aromatic rings. The van der Waals surface area contributed by atoms with Gasteiger partial charge >= 0.3 is 0 Å². The molecule has 1 N–H and O–H groups in total. The minimum Gasteiger partial charge on any atom is -0.371 e. The number of nitrogens with zero attached hydrogens (tertiary/aromatic N) is 2. The maximum absolute atomic E-state index is 12.3. The van der Waals surface area contributed by atoms with E-state index in [1.807, 2.05) is 25.1 Å². The molecule has 1 aliphatic rings. The first-order valence-corrected chi connectivity index (χ1v) is 13.2. The molecule has 6 nitrogen and oxygen atoms in total. The third-order valence-electron chi connectivity index (χ3n) is 6.00. The number of aryl methyl sites for hydroxylation is 1. The number of hydrogen-bond donors (Lipinski definition) is 1. The molecule has 0 aromatic heterocycles. The Balaban J connectivity index is 1.47. The lowest BCUT2D eigenvalue weighted by Gasteiger charge is -2.32. The van der Waals surface area contributed by atoms with E-state index in [0.717, 1.165) is 30.1 Å². The SMILES string of the molecule is Cc1ccccc1N(CCCC(=O)NCc1ccc(N2CCCC(C)C2)cc1)S(C)(=O)=O. The first-order valence-electron chi connectivity index (χ1n) is 11.4. The first-order chi connectivity index (χ1) is 15.2. The van der Waals surface area contributed by atoms with Gasteiger partial charge in [0.25, 0.3) is 0 Å². The van der Waals surface area contributed by atoms with E-state index >= 15 is 0 Å². The fourth-order valence-electron chi connectivity index (χ4n) is 4.23. The molecule has 1 aliphatic heterocycles. The van der Waals surface area contributed by atoms with E-state index < -0.39 is 10.0 Å². The van der Waals surface area contributed by atoms with Crippen LogP contribution < -0.4 is 14.5 Å². The molecule has 1 heterocycles. The van der Waals surface area contributed by atoms with Crippen molar-refractivity contribution in [1.29, 1.82) is 0 Å². The lowest BCUT2D eigenvalue weighted by atomic mass is 9.99. The number of carbonyl (C=O) groups excluding carboxylic acids is 1. The van der Waals surface area contributed by atoms with Crippen LogP contribution in [0.25, 0.3) is 0 Å². The van der Waals surface area contributed by atoms with Gasteiger partial charge in [-0.15, -0.1) is 0 Å². The largest absolute Gasteiger partial charge is 0.371 e. The highest BCUT2D eigenvalue weighted by atomic mass is 32.2. The lowest BCUT2D eigenvalue weighted by Crippen LogP contribution is -2.34. The van der Waals surface area contributed by atoms with E-state index in [0.29, 0.717) is 18.7 Å². The van der Waals surface area contributed by atoms with Crippen LogP contribution >= 0.6 is 0 Å². The summed E-state index contributed by atoms with van der Waals surface area (Å²) in [5, 5.41) is 2.95. The summed E-state index contributed by atoms with van der Waals surface area (Å²) < 4.78 is 25.9. The Kier molecular flexibility index (Phi) is 8.18. The molecule has 7 heteroatoms. The maximum atomic E-state index is 12.3. The number of sulfonamides is 1. The van der Waals surface area contributed by atoms with Gasteiger partial charge in [-0.25, -0.2) is 8.42 Å². The summed E-state index contributed by atoms with van der Waals surface area (Å²) in [5.74, 6) is 0.657. The molecule has 0 spiro atoms. The summed E-state index contributed by atoms with van der Waals surface area (Å²) in [5.41, 5.74) is 3.86. The lowest BCUT2D eigenvalue weighted by molar-refractivity contribution is -0.121. The molecule has 0 bridgehead atoms. The number of rotatable bonds is 9. The third-order valence-corrected chi connectivity index (χ3v) is 7.18. The topological polar surface area (TPSA) is 69.7 Å². The van der Waals surface area contributed by atoms with E-state index in [4.69, 9.17) is 0 Å². The van der Waals surface area contributed by atoms with Crippen molar-refractivity contribution < 1.29 is 13.2 Å². The molecule has 32 heavy (non-hydrogen) atoms. The number of carbonyl (C=O) groups is 1. The van der Waals surface area contributed by atoms with Crippen molar-refractivity contribution in [2.24, 2.45) is 5.92 Å². The van der Waals surface area contributed by atoms with Gasteiger partial charge in [-0.05, 0) is 61.4 Å². The van der Waals surface area contributed by atoms with E-state index in [1.165, 1.54) is 29.1 Å². The van der Waals surface area contributed by atoms with Gasteiger partial charge in [0, 0.05) is 38.3 Å². The standard InChI is InChI=1S/C25H35N3O3S/c1-20-8-6-16-27(19-20)23-14-12-22(13-15-23)18-26-25(29)11-7-17-28(32(3,30)31)24-10-5-4-9-21(24)2/h4-5,9-10,12-15,20H,6-8,11,16-19H2,1-3H3,(H,26,29). The summed E-state index contributed by atoms with van der Waals surface area (Å²) in [6, 6.07) is 15.8. The van der Waals surface area contributed by atoms with Crippen LogP contribution in [0.2, 0.25) is 0 Å². The molecule has 174 valence electrons. The number of para-hydroxylation sites is 1. The summed E-state index contributed by atoms with van der Waals surface area (Å²) in [6.07, 6.45) is 4.47. The van der Waals surface area contributed by atoms with Crippen LogP contribution in [0.15, 0.2) is 48.5 Å². The second-order valence-electron chi connectivity index (χ2n) is 8.86. The highest BCUT2D eigenvalue weighted by Crippen LogP contribution is 2.24. The van der Waals surface area contributed by atoms with Gasteiger partial charge in [0.05, 0.1) is 11.9 Å². The predicted octanol–water partition coefficient (Wildman–Crippen LogP) is 4.09. The third kappa shape index (κ3) is 6.73. The first kappa shape index (κ1) is 24.1. The zero-order valence-electron chi connectivity index (χ0n) is 19.4. The summed E-state index contributed by atoms with van der Waals surface area (Å²) in [4.78, 5) is 14.7. The Morgan fingerprint density at radius 3 is 2.53 bits per heavy atom. The molecular weight excluding hydrogens is 422 g/mol. The molecule has 0 aliphatic carbocycles. The number of anilines is 2. The second-order valence-corrected chi connectivity index (χ2v) is 10.8. The van der Waals surface area contributed by atoms with Gasteiger partial charge in [0.2, 0.25) is 15.9 Å². The molecule has 1 saturated heterocycles. The van der Waals surface area contributed by atoms with Gasteiger partial charge in [-0.3, -0.25) is 9.10 Å². The Bertz CT molecular complexity index is 1010. The number of nitrogens with one attached hydrogen (secondary N) is 1. The highest BCUT2D eigenvalue weighted by molar-refractivity contribution is 7.92. The summed E-state index contributed by atoms with van der Waals surface area (Å²) >= 11 is 0.